The fourth-order valence-electron chi connectivity index (χ4n) is 2.10. The third kappa shape index (κ3) is 4.74. The van der Waals surface area contributed by atoms with Gasteiger partial charge in [0.15, 0.2) is 16.4 Å². The number of nitrogens with zero attached hydrogens (tertiary/aromatic N) is 1. The highest BCUT2D eigenvalue weighted by Crippen LogP contribution is 2.29. The number of nitrogens with one attached hydrogen (secondary N) is 1. The van der Waals surface area contributed by atoms with Gasteiger partial charge in [-0.1, -0.05) is 6.07 Å². The third-order valence-corrected chi connectivity index (χ3v) is 4.57. The second kappa shape index (κ2) is 8.36. The van der Waals surface area contributed by atoms with E-state index in [1.54, 1.807) is 24.3 Å². The quantitative estimate of drug-likeness (QED) is 0.747. The molecule has 0 amide bonds. The second-order valence-electron chi connectivity index (χ2n) is 5.08. The minimum absolute atomic E-state index is 0.150. The number of allylic oxidation sites excluding steroid dienone is 1. The van der Waals surface area contributed by atoms with Crippen molar-refractivity contribution < 1.29 is 22.3 Å². The Morgan fingerprint density at radius 3 is 2.50 bits per heavy atom. The first-order valence-corrected chi connectivity index (χ1v) is 9.09. The van der Waals surface area contributed by atoms with Crippen LogP contribution >= 0.6 is 0 Å². The molecule has 2 rings (SSSR count). The molecule has 2 aromatic rings. The average Bonchev–Trinajstić information content (AvgIpc) is 2.62. The molecule has 0 atom stereocenters. The van der Waals surface area contributed by atoms with E-state index in [4.69, 9.17) is 9.47 Å². The Balaban J connectivity index is 2.34. The van der Waals surface area contributed by atoms with E-state index in [1.165, 1.54) is 25.3 Å². The van der Waals surface area contributed by atoms with Crippen molar-refractivity contribution in [2.24, 2.45) is 0 Å². The van der Waals surface area contributed by atoms with Crippen LogP contribution in [0.25, 0.3) is 6.08 Å². The van der Waals surface area contributed by atoms with Crippen molar-refractivity contribution in [3.8, 4) is 17.6 Å². The summed E-state index contributed by atoms with van der Waals surface area (Å²) in [7, 11) is -2.66. The number of sulfonamides is 1. The molecule has 0 aliphatic carbocycles. The van der Waals surface area contributed by atoms with Crippen LogP contribution in [0.3, 0.4) is 0 Å². The fraction of sp³-hybridized carbons (Fsp3) is 0.167. The van der Waals surface area contributed by atoms with Crippen molar-refractivity contribution in [2.45, 2.75) is 6.92 Å². The maximum absolute atomic E-state index is 12.9. The lowest BCUT2D eigenvalue weighted by atomic mass is 10.2. The number of nitriles is 1. The van der Waals surface area contributed by atoms with Gasteiger partial charge in [-0.15, -0.1) is 0 Å². The molecule has 26 heavy (non-hydrogen) atoms. The molecule has 0 bridgehead atoms. The smallest absolute Gasteiger partial charge is 0.272 e. The Morgan fingerprint density at radius 2 is 1.92 bits per heavy atom. The summed E-state index contributed by atoms with van der Waals surface area (Å²) >= 11 is 0. The van der Waals surface area contributed by atoms with Gasteiger partial charge in [0.2, 0.25) is 0 Å². The Labute approximate surface area is 151 Å². The van der Waals surface area contributed by atoms with Gasteiger partial charge >= 0.3 is 0 Å². The van der Waals surface area contributed by atoms with Crippen LogP contribution in [0.4, 0.5) is 10.1 Å². The molecule has 0 radical (unpaired) electrons. The Morgan fingerprint density at radius 1 is 1.23 bits per heavy atom. The molecule has 0 aliphatic rings. The zero-order valence-electron chi connectivity index (χ0n) is 14.2. The molecule has 0 aliphatic heterocycles. The number of halogens is 1. The molecule has 2 aromatic carbocycles. The van der Waals surface area contributed by atoms with E-state index in [0.29, 0.717) is 23.7 Å². The van der Waals surface area contributed by atoms with Crippen LogP contribution in [0, 0.1) is 17.1 Å². The van der Waals surface area contributed by atoms with Gasteiger partial charge in [0.05, 0.1) is 13.7 Å². The summed E-state index contributed by atoms with van der Waals surface area (Å²) in [5, 5.41) is 9.26. The van der Waals surface area contributed by atoms with Crippen LogP contribution < -0.4 is 14.2 Å². The molecule has 6 nitrogen and oxygen atoms in total. The van der Waals surface area contributed by atoms with Gasteiger partial charge in [-0.05, 0) is 55.0 Å². The zero-order valence-corrected chi connectivity index (χ0v) is 15.0. The van der Waals surface area contributed by atoms with Crippen LogP contribution in [0.15, 0.2) is 47.4 Å². The Hall–Kier alpha value is -3.05. The molecule has 0 heterocycles. The number of anilines is 1. The van der Waals surface area contributed by atoms with Gasteiger partial charge in [0.25, 0.3) is 10.0 Å². The van der Waals surface area contributed by atoms with Crippen LogP contribution in [-0.4, -0.2) is 22.1 Å². The SMILES string of the molecule is CCOc1ccc(C=C(C#N)S(=O)(=O)Nc2ccc(F)cc2)cc1OC. The van der Waals surface area contributed by atoms with Crippen LogP contribution in [0.5, 0.6) is 11.5 Å². The van der Waals surface area contributed by atoms with Gasteiger partial charge in [0, 0.05) is 5.69 Å². The summed E-state index contributed by atoms with van der Waals surface area (Å²) < 4.78 is 50.6. The molecule has 0 fully saturated rings. The van der Waals surface area contributed by atoms with E-state index >= 15 is 0 Å². The highest BCUT2D eigenvalue weighted by molar-refractivity contribution is 7.96. The summed E-state index contributed by atoms with van der Waals surface area (Å²) in [5.74, 6) is 0.435. The second-order valence-corrected chi connectivity index (χ2v) is 6.73. The third-order valence-electron chi connectivity index (χ3n) is 3.28. The van der Waals surface area contributed by atoms with E-state index in [0.717, 1.165) is 12.1 Å². The molecule has 0 saturated heterocycles. The lowest BCUT2D eigenvalue weighted by Gasteiger charge is -2.10. The molecule has 0 unspecified atom stereocenters. The first kappa shape index (κ1) is 19.3. The zero-order chi connectivity index (χ0) is 19.2. The summed E-state index contributed by atoms with van der Waals surface area (Å²) in [5.41, 5.74) is 0.600. The summed E-state index contributed by atoms with van der Waals surface area (Å²) in [6.07, 6.45) is 1.21. The normalized spacial score (nSPS) is 11.5. The number of rotatable bonds is 7. The summed E-state index contributed by atoms with van der Waals surface area (Å²) in [6.45, 7) is 2.28. The molecule has 0 saturated carbocycles. The van der Waals surface area contributed by atoms with Gasteiger partial charge < -0.3 is 9.47 Å². The van der Waals surface area contributed by atoms with E-state index in [9.17, 15) is 18.1 Å². The monoisotopic (exact) mass is 376 g/mol. The van der Waals surface area contributed by atoms with Crippen LogP contribution in [0.2, 0.25) is 0 Å². The van der Waals surface area contributed by atoms with Gasteiger partial charge in [0.1, 0.15) is 11.9 Å². The first-order chi connectivity index (χ1) is 12.4. The summed E-state index contributed by atoms with van der Waals surface area (Å²) in [6, 6.07) is 11.2. The lowest BCUT2D eigenvalue weighted by molar-refractivity contribution is 0.311. The highest BCUT2D eigenvalue weighted by Gasteiger charge is 2.18. The number of ether oxygens (including phenoxy) is 2. The van der Waals surface area contributed by atoms with E-state index in [1.807, 2.05) is 6.92 Å². The minimum atomic E-state index is -4.12. The highest BCUT2D eigenvalue weighted by atomic mass is 32.2. The van der Waals surface area contributed by atoms with Crippen molar-refractivity contribution in [3.05, 3.63) is 58.8 Å². The van der Waals surface area contributed by atoms with Crippen LogP contribution in [0.1, 0.15) is 12.5 Å². The van der Waals surface area contributed by atoms with Crippen molar-refractivity contribution in [1.29, 1.82) is 5.26 Å². The predicted molar refractivity (Wildman–Crippen MR) is 96.7 cm³/mol. The van der Waals surface area contributed by atoms with E-state index in [-0.39, 0.29) is 5.69 Å². The van der Waals surface area contributed by atoms with Crippen LogP contribution in [-0.2, 0) is 10.0 Å². The predicted octanol–water partition coefficient (Wildman–Crippen LogP) is 3.54. The molecule has 1 N–H and O–H groups in total. The standard InChI is InChI=1S/C18H17FN2O4S/c1-3-25-17-9-4-13(11-18(17)24-2)10-16(12-20)26(22,23)21-15-7-5-14(19)6-8-15/h4-11,21H,3H2,1-2H3. The molecular formula is C18H17FN2O4S. The summed E-state index contributed by atoms with van der Waals surface area (Å²) in [4.78, 5) is -0.493. The Kier molecular flexibility index (Phi) is 6.20. The number of hydrogen-bond acceptors (Lipinski definition) is 5. The number of hydrogen-bond donors (Lipinski definition) is 1. The van der Waals surface area contributed by atoms with Gasteiger partial charge in [-0.3, -0.25) is 4.72 Å². The molecular weight excluding hydrogens is 359 g/mol. The van der Waals surface area contributed by atoms with Crippen molar-refractivity contribution in [2.75, 3.05) is 18.4 Å². The van der Waals surface area contributed by atoms with Gasteiger partial charge in [-0.2, -0.15) is 5.26 Å². The van der Waals surface area contributed by atoms with E-state index in [2.05, 4.69) is 4.72 Å². The number of benzene rings is 2. The molecule has 0 spiro atoms. The van der Waals surface area contributed by atoms with Gasteiger partial charge in [-0.25, -0.2) is 12.8 Å². The first-order valence-electron chi connectivity index (χ1n) is 7.60. The van der Waals surface area contributed by atoms with Crippen molar-refractivity contribution in [3.63, 3.8) is 0 Å². The van der Waals surface area contributed by atoms with Crippen molar-refractivity contribution in [1.82, 2.24) is 0 Å². The maximum Gasteiger partial charge on any atom is 0.272 e. The lowest BCUT2D eigenvalue weighted by Crippen LogP contribution is -2.14. The maximum atomic E-state index is 12.9. The molecule has 136 valence electrons. The van der Waals surface area contributed by atoms with Crippen molar-refractivity contribution >= 4 is 21.8 Å². The van der Waals surface area contributed by atoms with E-state index < -0.39 is 20.7 Å². The molecule has 8 heteroatoms. The average molecular weight is 376 g/mol. The minimum Gasteiger partial charge on any atom is -0.493 e. The topological polar surface area (TPSA) is 88.4 Å². The fourth-order valence-corrected chi connectivity index (χ4v) is 3.07. The number of methoxy groups -OCH3 is 1. The molecule has 0 aromatic heterocycles. The Bertz CT molecular complexity index is 948. The largest absolute Gasteiger partial charge is 0.493 e.